The van der Waals surface area contributed by atoms with E-state index >= 15 is 0 Å². The van der Waals surface area contributed by atoms with E-state index in [0.29, 0.717) is 23.7 Å². The van der Waals surface area contributed by atoms with Crippen molar-refractivity contribution in [1.29, 1.82) is 0 Å². The highest BCUT2D eigenvalue weighted by Gasteiger charge is 2.26. The molecule has 3 rings (SSSR count). The van der Waals surface area contributed by atoms with Gasteiger partial charge in [-0.15, -0.1) is 0 Å². The van der Waals surface area contributed by atoms with Crippen LogP contribution in [0.15, 0.2) is 29.2 Å². The number of piperidine rings is 1. The Hall–Kier alpha value is -1.44. The zero-order valence-corrected chi connectivity index (χ0v) is 16.3. The van der Waals surface area contributed by atoms with E-state index in [4.69, 9.17) is 0 Å². The van der Waals surface area contributed by atoms with E-state index in [-0.39, 0.29) is 11.8 Å². The Kier molecular flexibility index (Phi) is 6.32. The van der Waals surface area contributed by atoms with Crippen LogP contribution < -0.4 is 5.32 Å². The minimum atomic E-state index is -3.44. The monoisotopic (exact) mass is 379 g/mol. The predicted octanol–water partition coefficient (Wildman–Crippen LogP) is 2.53. The van der Waals surface area contributed by atoms with E-state index in [1.807, 2.05) is 7.05 Å². The maximum atomic E-state index is 12.8. The number of rotatable bonds is 4. The minimum absolute atomic E-state index is 0.00532. The van der Waals surface area contributed by atoms with E-state index in [1.54, 1.807) is 28.6 Å². The summed E-state index contributed by atoms with van der Waals surface area (Å²) < 4.78 is 27.2. The van der Waals surface area contributed by atoms with Gasteiger partial charge in [-0.3, -0.25) is 4.79 Å². The summed E-state index contributed by atoms with van der Waals surface area (Å²) in [5, 5.41) is 2.93. The average molecular weight is 380 g/mol. The Bertz CT molecular complexity index is 710. The molecule has 144 valence electrons. The van der Waals surface area contributed by atoms with Gasteiger partial charge in [-0.1, -0.05) is 12.8 Å². The van der Waals surface area contributed by atoms with E-state index in [0.717, 1.165) is 51.6 Å². The standard InChI is InChI=1S/C19H29N3O3S/c1-21-12-6-7-16(15-21)19(23)20-17-8-10-18(11-9-17)26(24,25)22-13-4-2-3-5-14-22/h8-11,16H,2-7,12-15H2,1H3,(H,20,23). The number of carbonyl (C=O) groups excluding carboxylic acids is 1. The normalized spacial score (nSPS) is 23.3. The van der Waals surface area contributed by atoms with Gasteiger partial charge < -0.3 is 10.2 Å². The molecule has 1 amide bonds. The molecule has 2 aliphatic rings. The molecule has 1 unspecified atom stereocenters. The zero-order valence-electron chi connectivity index (χ0n) is 15.5. The van der Waals surface area contributed by atoms with Crippen LogP contribution in [-0.4, -0.2) is 56.8 Å². The number of anilines is 1. The van der Waals surface area contributed by atoms with Crippen molar-refractivity contribution in [2.24, 2.45) is 5.92 Å². The molecule has 0 aliphatic carbocycles. The molecular weight excluding hydrogens is 350 g/mol. The van der Waals surface area contributed by atoms with Crippen LogP contribution >= 0.6 is 0 Å². The lowest BCUT2D eigenvalue weighted by atomic mass is 9.97. The molecular formula is C19H29N3O3S. The van der Waals surface area contributed by atoms with E-state index in [1.165, 1.54) is 0 Å². The maximum absolute atomic E-state index is 12.8. The van der Waals surface area contributed by atoms with Crippen molar-refractivity contribution in [2.75, 3.05) is 38.5 Å². The van der Waals surface area contributed by atoms with Crippen LogP contribution in [0.3, 0.4) is 0 Å². The smallest absolute Gasteiger partial charge is 0.243 e. The third-order valence-electron chi connectivity index (χ3n) is 5.32. The van der Waals surface area contributed by atoms with Crippen LogP contribution in [0.5, 0.6) is 0 Å². The van der Waals surface area contributed by atoms with Gasteiger partial charge in [-0.2, -0.15) is 4.31 Å². The Morgan fingerprint density at radius 3 is 2.27 bits per heavy atom. The van der Waals surface area contributed by atoms with E-state index < -0.39 is 10.0 Å². The first-order chi connectivity index (χ1) is 12.5. The fraction of sp³-hybridized carbons (Fsp3) is 0.632. The van der Waals surface area contributed by atoms with Crippen molar-refractivity contribution in [2.45, 2.75) is 43.4 Å². The van der Waals surface area contributed by atoms with Crippen LogP contribution in [0, 0.1) is 5.92 Å². The molecule has 2 aliphatic heterocycles. The summed E-state index contributed by atoms with van der Waals surface area (Å²) in [7, 11) is -1.41. The van der Waals surface area contributed by atoms with Crippen molar-refractivity contribution in [1.82, 2.24) is 9.21 Å². The number of hydrogen-bond donors (Lipinski definition) is 1. The lowest BCUT2D eigenvalue weighted by Crippen LogP contribution is -2.38. The molecule has 2 fully saturated rings. The van der Waals surface area contributed by atoms with Gasteiger partial charge in [-0.05, 0) is 63.5 Å². The second-order valence-corrected chi connectivity index (χ2v) is 9.37. The van der Waals surface area contributed by atoms with Crippen molar-refractivity contribution in [3.63, 3.8) is 0 Å². The second-order valence-electron chi connectivity index (χ2n) is 7.43. The quantitative estimate of drug-likeness (QED) is 0.873. The van der Waals surface area contributed by atoms with Crippen molar-refractivity contribution in [3.05, 3.63) is 24.3 Å². The van der Waals surface area contributed by atoms with Crippen LogP contribution in [0.2, 0.25) is 0 Å². The zero-order chi connectivity index (χ0) is 18.6. The van der Waals surface area contributed by atoms with Gasteiger partial charge in [-0.25, -0.2) is 8.42 Å². The maximum Gasteiger partial charge on any atom is 0.243 e. The number of nitrogens with one attached hydrogen (secondary N) is 1. The number of carbonyl (C=O) groups is 1. The largest absolute Gasteiger partial charge is 0.326 e. The highest BCUT2D eigenvalue weighted by atomic mass is 32.2. The summed E-state index contributed by atoms with van der Waals surface area (Å²) in [5.41, 5.74) is 0.651. The summed E-state index contributed by atoms with van der Waals surface area (Å²) in [6.45, 7) is 2.99. The molecule has 1 atom stereocenters. The molecule has 0 radical (unpaired) electrons. The Labute approximate surface area is 156 Å². The highest BCUT2D eigenvalue weighted by Crippen LogP contribution is 2.23. The van der Waals surface area contributed by atoms with Crippen LogP contribution in [-0.2, 0) is 14.8 Å². The number of benzene rings is 1. The molecule has 0 bridgehead atoms. The molecule has 0 aromatic heterocycles. The van der Waals surface area contributed by atoms with Gasteiger partial charge in [0.05, 0.1) is 10.8 Å². The molecule has 2 heterocycles. The third kappa shape index (κ3) is 4.64. The highest BCUT2D eigenvalue weighted by molar-refractivity contribution is 7.89. The van der Waals surface area contributed by atoms with E-state index in [2.05, 4.69) is 10.2 Å². The number of likely N-dealkylation sites (tertiary alicyclic amines) is 1. The fourth-order valence-electron chi connectivity index (χ4n) is 3.77. The lowest BCUT2D eigenvalue weighted by molar-refractivity contribution is -0.121. The lowest BCUT2D eigenvalue weighted by Gasteiger charge is -2.28. The summed E-state index contributed by atoms with van der Waals surface area (Å²) in [6, 6.07) is 6.58. The second kappa shape index (κ2) is 8.50. The SMILES string of the molecule is CN1CCCC(C(=O)Nc2ccc(S(=O)(=O)N3CCCCCC3)cc2)C1. The topological polar surface area (TPSA) is 69.7 Å². The molecule has 1 aromatic rings. The first kappa shape index (κ1) is 19.3. The third-order valence-corrected chi connectivity index (χ3v) is 7.23. The minimum Gasteiger partial charge on any atom is -0.326 e. The molecule has 7 heteroatoms. The van der Waals surface area contributed by atoms with Gasteiger partial charge in [0.1, 0.15) is 0 Å². The molecule has 1 aromatic carbocycles. The Morgan fingerprint density at radius 1 is 1.00 bits per heavy atom. The molecule has 6 nitrogen and oxygen atoms in total. The first-order valence-electron chi connectivity index (χ1n) is 9.56. The number of amides is 1. The Morgan fingerprint density at radius 2 is 1.65 bits per heavy atom. The number of hydrogen-bond acceptors (Lipinski definition) is 4. The summed E-state index contributed by atoms with van der Waals surface area (Å²) >= 11 is 0. The molecule has 1 N–H and O–H groups in total. The van der Waals surface area contributed by atoms with E-state index in [9.17, 15) is 13.2 Å². The van der Waals surface area contributed by atoms with Crippen molar-refractivity contribution < 1.29 is 13.2 Å². The van der Waals surface area contributed by atoms with Crippen LogP contribution in [0.25, 0.3) is 0 Å². The first-order valence-corrected chi connectivity index (χ1v) is 11.0. The fourth-order valence-corrected chi connectivity index (χ4v) is 5.28. The van der Waals surface area contributed by atoms with Gasteiger partial charge >= 0.3 is 0 Å². The van der Waals surface area contributed by atoms with Gasteiger partial charge in [0, 0.05) is 25.3 Å². The molecule has 26 heavy (non-hydrogen) atoms. The number of sulfonamides is 1. The van der Waals surface area contributed by atoms with Crippen molar-refractivity contribution in [3.8, 4) is 0 Å². The van der Waals surface area contributed by atoms with Gasteiger partial charge in [0.15, 0.2) is 0 Å². The Balaban J connectivity index is 1.65. The molecule has 2 saturated heterocycles. The van der Waals surface area contributed by atoms with Crippen LogP contribution in [0.4, 0.5) is 5.69 Å². The molecule has 0 spiro atoms. The summed E-state index contributed by atoms with van der Waals surface area (Å²) in [6.07, 6.45) is 5.95. The average Bonchev–Trinajstić information content (AvgIpc) is 2.92. The van der Waals surface area contributed by atoms with Crippen LogP contribution in [0.1, 0.15) is 38.5 Å². The summed E-state index contributed by atoms with van der Waals surface area (Å²) in [4.78, 5) is 14.9. The summed E-state index contributed by atoms with van der Waals surface area (Å²) in [5.74, 6) is 0.00827. The predicted molar refractivity (Wildman–Crippen MR) is 103 cm³/mol. The van der Waals surface area contributed by atoms with Crippen molar-refractivity contribution >= 4 is 21.6 Å². The van der Waals surface area contributed by atoms with Gasteiger partial charge in [0.25, 0.3) is 0 Å². The molecule has 0 saturated carbocycles. The van der Waals surface area contributed by atoms with Gasteiger partial charge in [0.2, 0.25) is 15.9 Å². The number of nitrogens with zero attached hydrogens (tertiary/aromatic N) is 2.